The Balaban J connectivity index is 1.52. The number of carbonyl (C=O) groups is 1. The first-order valence-electron chi connectivity index (χ1n) is 7.86. The Morgan fingerprint density at radius 3 is 2.85 bits per heavy atom. The highest BCUT2D eigenvalue weighted by Gasteiger charge is 2.19. The van der Waals surface area contributed by atoms with E-state index in [1.54, 1.807) is 29.5 Å². The molecule has 0 aliphatic rings. The molecule has 0 saturated carbocycles. The number of carbonyl (C=O) groups excluding carboxylic acids is 1. The minimum atomic E-state index is -0.406. The molecule has 0 aliphatic carbocycles. The van der Waals surface area contributed by atoms with Crippen LogP contribution >= 0.6 is 15.9 Å². The zero-order valence-electron chi connectivity index (χ0n) is 13.8. The predicted molar refractivity (Wildman–Crippen MR) is 98.9 cm³/mol. The van der Waals surface area contributed by atoms with Gasteiger partial charge in [-0.15, -0.1) is 5.10 Å². The molecule has 1 aromatic carbocycles. The molecule has 8 nitrogen and oxygen atoms in total. The minimum absolute atomic E-state index is 0.221. The van der Waals surface area contributed by atoms with Crippen LogP contribution < -0.4 is 5.32 Å². The van der Waals surface area contributed by atoms with Crippen LogP contribution in [0, 0.1) is 6.92 Å². The zero-order valence-corrected chi connectivity index (χ0v) is 15.4. The van der Waals surface area contributed by atoms with E-state index in [1.165, 1.54) is 10.1 Å². The molecule has 4 rings (SSSR count). The van der Waals surface area contributed by atoms with Crippen LogP contribution in [-0.4, -0.2) is 35.3 Å². The quantitative estimate of drug-likeness (QED) is 0.557. The normalized spacial score (nSPS) is 11.0. The highest BCUT2D eigenvalue weighted by Crippen LogP contribution is 2.21. The van der Waals surface area contributed by atoms with Crippen molar-refractivity contribution in [2.24, 2.45) is 0 Å². The molecule has 26 heavy (non-hydrogen) atoms. The maximum atomic E-state index is 12.5. The molecule has 3 heterocycles. The second kappa shape index (κ2) is 6.68. The summed E-state index contributed by atoms with van der Waals surface area (Å²) >= 11 is 3.37. The van der Waals surface area contributed by atoms with Gasteiger partial charge in [0.1, 0.15) is 6.33 Å². The van der Waals surface area contributed by atoms with Gasteiger partial charge in [0.15, 0.2) is 11.3 Å². The van der Waals surface area contributed by atoms with Gasteiger partial charge < -0.3 is 0 Å². The third kappa shape index (κ3) is 3.08. The van der Waals surface area contributed by atoms with Crippen molar-refractivity contribution in [2.75, 3.05) is 5.32 Å². The third-order valence-electron chi connectivity index (χ3n) is 3.91. The molecule has 3 aromatic heterocycles. The van der Waals surface area contributed by atoms with Crippen molar-refractivity contribution < 1.29 is 4.79 Å². The van der Waals surface area contributed by atoms with Crippen molar-refractivity contribution in [3.8, 4) is 0 Å². The van der Waals surface area contributed by atoms with Crippen molar-refractivity contribution in [2.45, 2.75) is 13.5 Å². The highest BCUT2D eigenvalue weighted by molar-refractivity contribution is 9.10. The molecule has 1 N–H and O–H groups in total. The second-order valence-corrected chi connectivity index (χ2v) is 6.49. The monoisotopic (exact) mass is 411 g/mol. The van der Waals surface area contributed by atoms with Gasteiger partial charge in [0, 0.05) is 12.4 Å². The number of hydrogen-bond donors (Lipinski definition) is 1. The van der Waals surface area contributed by atoms with Gasteiger partial charge in [-0.3, -0.25) is 10.1 Å². The van der Waals surface area contributed by atoms with Crippen LogP contribution in [0.2, 0.25) is 0 Å². The molecular weight excluding hydrogens is 398 g/mol. The van der Waals surface area contributed by atoms with E-state index in [9.17, 15) is 4.79 Å². The van der Waals surface area contributed by atoms with E-state index in [0.717, 1.165) is 5.56 Å². The third-order valence-corrected chi connectivity index (χ3v) is 4.64. The van der Waals surface area contributed by atoms with E-state index in [2.05, 4.69) is 41.4 Å². The molecule has 0 radical (unpaired) electrons. The summed E-state index contributed by atoms with van der Waals surface area (Å²) in [7, 11) is 0. The van der Waals surface area contributed by atoms with Crippen molar-refractivity contribution in [3.63, 3.8) is 0 Å². The SMILES string of the molecule is Cc1ccccc1Cn1cnc(NC(=O)c2nn3cccnc3c2Br)n1. The van der Waals surface area contributed by atoms with Gasteiger partial charge in [-0.2, -0.15) is 5.10 Å². The van der Waals surface area contributed by atoms with Crippen LogP contribution in [0.1, 0.15) is 21.6 Å². The summed E-state index contributed by atoms with van der Waals surface area (Å²) in [6.45, 7) is 2.63. The van der Waals surface area contributed by atoms with Gasteiger partial charge in [-0.25, -0.2) is 19.2 Å². The number of rotatable bonds is 4. The van der Waals surface area contributed by atoms with Crippen LogP contribution in [0.25, 0.3) is 5.65 Å². The first-order valence-corrected chi connectivity index (χ1v) is 8.65. The Bertz CT molecular complexity index is 1100. The number of benzene rings is 1. The highest BCUT2D eigenvalue weighted by atomic mass is 79.9. The second-order valence-electron chi connectivity index (χ2n) is 5.70. The van der Waals surface area contributed by atoms with Crippen LogP contribution in [-0.2, 0) is 6.54 Å². The average molecular weight is 412 g/mol. The number of nitrogens with zero attached hydrogens (tertiary/aromatic N) is 6. The van der Waals surface area contributed by atoms with Crippen molar-refractivity contribution in [1.82, 2.24) is 29.4 Å². The summed E-state index contributed by atoms with van der Waals surface area (Å²) in [4.78, 5) is 20.8. The Kier molecular flexibility index (Phi) is 4.21. The van der Waals surface area contributed by atoms with Crippen molar-refractivity contribution >= 4 is 33.4 Å². The van der Waals surface area contributed by atoms with Crippen molar-refractivity contribution in [3.05, 3.63) is 70.3 Å². The summed E-state index contributed by atoms with van der Waals surface area (Å²) in [5.41, 5.74) is 3.11. The standard InChI is InChI=1S/C17H14BrN7O/c1-11-5-2-3-6-12(11)9-24-10-20-17(23-24)21-16(26)14-13(18)15-19-7-4-8-25(15)22-14/h2-8,10H,9H2,1H3,(H,21,23,26). The largest absolute Gasteiger partial charge is 0.288 e. The Hall–Kier alpha value is -3.07. The summed E-state index contributed by atoms with van der Waals surface area (Å²) in [5, 5.41) is 11.2. The molecular formula is C17H14BrN7O. The lowest BCUT2D eigenvalue weighted by Crippen LogP contribution is -2.15. The fraction of sp³-hybridized carbons (Fsp3) is 0.118. The van der Waals surface area contributed by atoms with Crippen LogP contribution in [0.5, 0.6) is 0 Å². The molecule has 1 amide bonds. The number of nitrogens with one attached hydrogen (secondary N) is 1. The van der Waals surface area contributed by atoms with E-state index >= 15 is 0 Å². The lowest BCUT2D eigenvalue weighted by molar-refractivity contribution is 0.102. The van der Waals surface area contributed by atoms with Crippen LogP contribution in [0.4, 0.5) is 5.95 Å². The van der Waals surface area contributed by atoms with Gasteiger partial charge in [0.05, 0.1) is 11.0 Å². The molecule has 9 heteroatoms. The van der Waals surface area contributed by atoms with Crippen LogP contribution in [0.15, 0.2) is 53.5 Å². The Morgan fingerprint density at radius 1 is 1.19 bits per heavy atom. The molecule has 0 aliphatic heterocycles. The average Bonchev–Trinajstić information content (AvgIpc) is 3.22. The molecule has 0 unspecified atom stereocenters. The van der Waals surface area contributed by atoms with Gasteiger partial charge in [-0.05, 0) is 40.0 Å². The number of aryl methyl sites for hydroxylation is 1. The number of aromatic nitrogens is 6. The minimum Gasteiger partial charge on any atom is -0.288 e. The van der Waals surface area contributed by atoms with E-state index in [4.69, 9.17) is 0 Å². The number of amides is 1. The molecule has 0 fully saturated rings. The Labute approximate surface area is 157 Å². The molecule has 0 saturated heterocycles. The summed E-state index contributed by atoms with van der Waals surface area (Å²) in [5.74, 6) is -0.184. The fourth-order valence-corrected chi connectivity index (χ4v) is 3.10. The number of hydrogen-bond acceptors (Lipinski definition) is 5. The number of halogens is 1. The fourth-order valence-electron chi connectivity index (χ4n) is 2.55. The van der Waals surface area contributed by atoms with Gasteiger partial charge >= 0.3 is 0 Å². The van der Waals surface area contributed by atoms with E-state index in [0.29, 0.717) is 16.7 Å². The number of anilines is 1. The number of fused-ring (bicyclic) bond motifs is 1. The molecule has 0 bridgehead atoms. The Morgan fingerprint density at radius 2 is 2.04 bits per heavy atom. The lowest BCUT2D eigenvalue weighted by Gasteiger charge is -2.04. The maximum Gasteiger partial charge on any atom is 0.279 e. The zero-order chi connectivity index (χ0) is 18.1. The van der Waals surface area contributed by atoms with Gasteiger partial charge in [-0.1, -0.05) is 24.3 Å². The van der Waals surface area contributed by atoms with E-state index in [1.807, 2.05) is 31.2 Å². The van der Waals surface area contributed by atoms with E-state index in [-0.39, 0.29) is 11.6 Å². The van der Waals surface area contributed by atoms with Crippen LogP contribution in [0.3, 0.4) is 0 Å². The first kappa shape index (κ1) is 16.4. The van der Waals surface area contributed by atoms with Gasteiger partial charge in [0.25, 0.3) is 5.91 Å². The molecule has 0 spiro atoms. The van der Waals surface area contributed by atoms with Crippen molar-refractivity contribution in [1.29, 1.82) is 0 Å². The maximum absolute atomic E-state index is 12.5. The summed E-state index contributed by atoms with van der Waals surface area (Å²) in [6, 6.07) is 9.80. The topological polar surface area (TPSA) is 90.0 Å². The molecule has 0 atom stereocenters. The molecule has 4 aromatic rings. The molecule has 130 valence electrons. The lowest BCUT2D eigenvalue weighted by atomic mass is 10.1. The first-order chi connectivity index (χ1) is 12.6. The predicted octanol–water partition coefficient (Wildman–Crippen LogP) is 2.69. The summed E-state index contributed by atoms with van der Waals surface area (Å²) < 4.78 is 3.73. The van der Waals surface area contributed by atoms with E-state index < -0.39 is 5.91 Å². The van der Waals surface area contributed by atoms with Gasteiger partial charge in [0.2, 0.25) is 5.95 Å². The summed E-state index contributed by atoms with van der Waals surface area (Å²) in [6.07, 6.45) is 4.94. The smallest absolute Gasteiger partial charge is 0.279 e.